The first kappa shape index (κ1) is 34.6. The number of carbonyl (C=O) groups excluding carboxylic acids is 3. The first-order chi connectivity index (χ1) is 20.4. The lowest BCUT2D eigenvalue weighted by molar-refractivity contribution is -0.144. The lowest BCUT2D eigenvalue weighted by Gasteiger charge is -2.26. The smallest absolute Gasteiger partial charge is 0.326 e. The topological polar surface area (TPSA) is 235 Å². The molecule has 0 aliphatic carbocycles. The van der Waals surface area contributed by atoms with E-state index in [1.165, 1.54) is 12.1 Å². The normalized spacial score (nSPS) is 14.3. The van der Waals surface area contributed by atoms with Crippen molar-refractivity contribution in [3.63, 3.8) is 0 Å². The van der Waals surface area contributed by atoms with Crippen LogP contribution >= 0.6 is 0 Å². The Morgan fingerprint density at radius 2 is 1.42 bits per heavy atom. The number of benzene rings is 2. The van der Waals surface area contributed by atoms with Gasteiger partial charge in [0.15, 0.2) is 5.96 Å². The molecule has 0 spiro atoms. The SMILES string of the molecule is CCC(C)C(NC(=O)C(CCCN=C(N)N)NC(=O)C(Cc1ccc(O)cc1)NC(=O)C(N)Cc1ccccc1)C(=O)O. The predicted octanol–water partition coefficient (Wildman–Crippen LogP) is 0.143. The highest BCUT2D eigenvalue weighted by Gasteiger charge is 2.32. The number of nitrogens with two attached hydrogens (primary N) is 3. The van der Waals surface area contributed by atoms with Gasteiger partial charge in [0.2, 0.25) is 17.7 Å². The quantitative estimate of drug-likeness (QED) is 0.0702. The van der Waals surface area contributed by atoms with Crippen LogP contribution in [-0.2, 0) is 32.0 Å². The van der Waals surface area contributed by atoms with E-state index in [2.05, 4.69) is 20.9 Å². The summed E-state index contributed by atoms with van der Waals surface area (Å²) in [4.78, 5) is 55.7. The number of aromatic hydroxyl groups is 1. The van der Waals surface area contributed by atoms with Crippen LogP contribution in [0.25, 0.3) is 0 Å². The van der Waals surface area contributed by atoms with Crippen molar-refractivity contribution in [1.29, 1.82) is 0 Å². The zero-order chi connectivity index (χ0) is 31.9. The minimum absolute atomic E-state index is 0.0306. The third-order valence-electron chi connectivity index (χ3n) is 7.00. The molecule has 0 fully saturated rings. The number of carboxylic acids is 1. The van der Waals surface area contributed by atoms with Crippen LogP contribution in [0.1, 0.15) is 44.2 Å². The number of rotatable bonds is 17. The number of nitrogens with zero attached hydrogens (tertiary/aromatic N) is 1. The molecule has 0 saturated heterocycles. The minimum atomic E-state index is -1.20. The Morgan fingerprint density at radius 1 is 0.837 bits per heavy atom. The molecule has 5 unspecified atom stereocenters. The van der Waals surface area contributed by atoms with E-state index in [0.29, 0.717) is 18.4 Å². The van der Waals surface area contributed by atoms with Gasteiger partial charge in [0.25, 0.3) is 0 Å². The van der Waals surface area contributed by atoms with E-state index in [4.69, 9.17) is 17.2 Å². The molecule has 5 atom stereocenters. The molecule has 0 bridgehead atoms. The number of hydrogen-bond donors (Lipinski definition) is 8. The Kier molecular flexibility index (Phi) is 13.9. The number of carbonyl (C=O) groups is 4. The number of amides is 3. The molecule has 234 valence electrons. The molecule has 0 aliphatic rings. The average molecular weight is 598 g/mol. The van der Waals surface area contributed by atoms with E-state index in [-0.39, 0.29) is 43.4 Å². The second-order valence-electron chi connectivity index (χ2n) is 10.4. The molecule has 11 N–H and O–H groups in total. The van der Waals surface area contributed by atoms with Gasteiger partial charge >= 0.3 is 5.97 Å². The van der Waals surface area contributed by atoms with Gasteiger partial charge in [-0.25, -0.2) is 4.79 Å². The fourth-order valence-corrected chi connectivity index (χ4v) is 4.30. The number of phenolic OH excluding ortho intramolecular Hbond substituents is 1. The summed E-state index contributed by atoms with van der Waals surface area (Å²) in [5, 5.41) is 27.2. The van der Waals surface area contributed by atoms with Crippen LogP contribution in [0.4, 0.5) is 0 Å². The van der Waals surface area contributed by atoms with Crippen molar-refractivity contribution < 1.29 is 29.4 Å². The van der Waals surface area contributed by atoms with Gasteiger partial charge in [0.1, 0.15) is 23.9 Å². The number of carboxylic acid groups (broad SMARTS) is 1. The summed E-state index contributed by atoms with van der Waals surface area (Å²) < 4.78 is 0. The Balaban J connectivity index is 2.28. The van der Waals surface area contributed by atoms with Gasteiger partial charge in [-0.05, 0) is 48.4 Å². The zero-order valence-corrected chi connectivity index (χ0v) is 24.5. The lowest BCUT2D eigenvalue weighted by atomic mass is 9.98. The highest BCUT2D eigenvalue weighted by molar-refractivity contribution is 5.94. The summed E-state index contributed by atoms with van der Waals surface area (Å²) in [6, 6.07) is 10.9. The molecule has 2 aromatic rings. The number of aliphatic carboxylic acids is 1. The lowest BCUT2D eigenvalue weighted by Crippen LogP contribution is -2.58. The van der Waals surface area contributed by atoms with Crippen LogP contribution < -0.4 is 33.2 Å². The molecule has 13 heteroatoms. The maximum atomic E-state index is 13.6. The van der Waals surface area contributed by atoms with E-state index < -0.39 is 47.9 Å². The number of aliphatic imine (C=N–C) groups is 1. The fourth-order valence-electron chi connectivity index (χ4n) is 4.30. The monoisotopic (exact) mass is 597 g/mol. The van der Waals surface area contributed by atoms with Gasteiger partial charge in [0, 0.05) is 13.0 Å². The summed E-state index contributed by atoms with van der Waals surface area (Å²) >= 11 is 0. The molecular weight excluding hydrogens is 554 g/mol. The minimum Gasteiger partial charge on any atom is -0.508 e. The van der Waals surface area contributed by atoms with E-state index in [9.17, 15) is 29.4 Å². The van der Waals surface area contributed by atoms with Crippen molar-refractivity contribution in [2.24, 2.45) is 28.1 Å². The second kappa shape index (κ2) is 17.3. The summed E-state index contributed by atoms with van der Waals surface area (Å²) in [6.07, 6.45) is 1.16. The maximum Gasteiger partial charge on any atom is 0.326 e. The molecule has 0 saturated carbocycles. The van der Waals surface area contributed by atoms with Crippen molar-refractivity contribution in [2.75, 3.05) is 6.54 Å². The molecular formula is C30H43N7O6. The third-order valence-corrected chi connectivity index (χ3v) is 7.00. The molecule has 2 aromatic carbocycles. The van der Waals surface area contributed by atoms with Crippen LogP contribution in [0.5, 0.6) is 5.75 Å². The van der Waals surface area contributed by atoms with E-state index in [1.54, 1.807) is 26.0 Å². The number of hydrogen-bond acceptors (Lipinski definition) is 7. The maximum absolute atomic E-state index is 13.6. The highest BCUT2D eigenvalue weighted by atomic mass is 16.4. The molecule has 13 nitrogen and oxygen atoms in total. The van der Waals surface area contributed by atoms with Gasteiger partial charge in [-0.1, -0.05) is 62.7 Å². The van der Waals surface area contributed by atoms with E-state index >= 15 is 0 Å². The Bertz CT molecular complexity index is 1240. The second-order valence-corrected chi connectivity index (χ2v) is 10.4. The first-order valence-electron chi connectivity index (χ1n) is 14.2. The number of nitrogens with one attached hydrogen (secondary N) is 3. The van der Waals surface area contributed by atoms with Crippen molar-refractivity contribution in [1.82, 2.24) is 16.0 Å². The van der Waals surface area contributed by atoms with Crippen LogP contribution in [0.3, 0.4) is 0 Å². The number of phenols is 1. The van der Waals surface area contributed by atoms with Crippen LogP contribution in [-0.4, -0.2) is 70.6 Å². The standard InChI is InChI=1S/C30H43N7O6/c1-3-18(2)25(29(42)43)37-27(40)23(10-7-15-34-30(32)33)35-28(41)24(17-20-11-13-21(38)14-12-20)36-26(39)22(31)16-19-8-5-4-6-9-19/h4-6,8-9,11-14,18,22-25,38H,3,7,10,15-17,31H2,1-2H3,(H,35,41)(H,36,39)(H,37,40)(H,42,43)(H4,32,33,34). The summed E-state index contributed by atoms with van der Waals surface area (Å²) in [5.74, 6) is -3.60. The first-order valence-corrected chi connectivity index (χ1v) is 14.2. The summed E-state index contributed by atoms with van der Waals surface area (Å²) in [5.41, 5.74) is 18.4. The average Bonchev–Trinajstić information content (AvgIpc) is 2.97. The van der Waals surface area contributed by atoms with Crippen LogP contribution in [0.15, 0.2) is 59.6 Å². The Morgan fingerprint density at radius 3 is 2.00 bits per heavy atom. The summed E-state index contributed by atoms with van der Waals surface area (Å²) in [6.45, 7) is 3.69. The van der Waals surface area contributed by atoms with Crippen LogP contribution in [0, 0.1) is 5.92 Å². The number of guanidine groups is 1. The Hall–Kier alpha value is -4.65. The summed E-state index contributed by atoms with van der Waals surface area (Å²) in [7, 11) is 0. The molecule has 3 amide bonds. The van der Waals surface area contributed by atoms with E-state index in [1.807, 2.05) is 30.3 Å². The van der Waals surface area contributed by atoms with Gasteiger partial charge in [-0.2, -0.15) is 0 Å². The zero-order valence-electron chi connectivity index (χ0n) is 24.5. The van der Waals surface area contributed by atoms with Crippen molar-refractivity contribution in [3.05, 3.63) is 65.7 Å². The van der Waals surface area contributed by atoms with E-state index in [0.717, 1.165) is 5.56 Å². The molecule has 43 heavy (non-hydrogen) atoms. The fraction of sp³-hybridized carbons (Fsp3) is 0.433. The molecule has 0 aromatic heterocycles. The van der Waals surface area contributed by atoms with Crippen molar-refractivity contribution >= 4 is 29.7 Å². The Labute approximate surface area is 251 Å². The van der Waals surface area contributed by atoms with Crippen LogP contribution in [0.2, 0.25) is 0 Å². The van der Waals surface area contributed by atoms with Crippen molar-refractivity contribution in [3.8, 4) is 5.75 Å². The molecule has 2 rings (SSSR count). The van der Waals surface area contributed by atoms with Gasteiger partial charge in [0.05, 0.1) is 6.04 Å². The predicted molar refractivity (Wildman–Crippen MR) is 163 cm³/mol. The third kappa shape index (κ3) is 12.0. The molecule has 0 aliphatic heterocycles. The molecule has 0 heterocycles. The van der Waals surface area contributed by atoms with Gasteiger partial charge in [-0.3, -0.25) is 19.4 Å². The van der Waals surface area contributed by atoms with Gasteiger partial charge < -0.3 is 43.4 Å². The largest absolute Gasteiger partial charge is 0.508 e. The van der Waals surface area contributed by atoms with Gasteiger partial charge in [-0.15, -0.1) is 0 Å². The highest BCUT2D eigenvalue weighted by Crippen LogP contribution is 2.13. The molecule has 0 radical (unpaired) electrons. The van der Waals surface area contributed by atoms with Crippen molar-refractivity contribution in [2.45, 2.75) is 70.1 Å².